The molecule has 0 bridgehead atoms. The zero-order chi connectivity index (χ0) is 13.9. The van der Waals surface area contributed by atoms with Crippen molar-refractivity contribution in [3.63, 3.8) is 0 Å². The van der Waals surface area contributed by atoms with Crippen LogP contribution in [-0.2, 0) is 4.79 Å². The summed E-state index contributed by atoms with van der Waals surface area (Å²) in [6.07, 6.45) is 9.78. The van der Waals surface area contributed by atoms with Crippen LogP contribution in [0.2, 0.25) is 0 Å². The summed E-state index contributed by atoms with van der Waals surface area (Å²) in [5.41, 5.74) is 5.73. The number of amides is 1. The molecule has 0 atom stereocenters. The van der Waals surface area contributed by atoms with Crippen molar-refractivity contribution < 1.29 is 4.79 Å². The third-order valence-electron chi connectivity index (χ3n) is 5.19. The molecule has 0 aromatic rings. The fourth-order valence-corrected chi connectivity index (χ4v) is 3.48. The number of hydrogen-bond donors (Lipinski definition) is 2. The molecule has 0 aromatic carbocycles. The summed E-state index contributed by atoms with van der Waals surface area (Å²) in [6, 6.07) is 0. The van der Waals surface area contributed by atoms with Gasteiger partial charge in [-0.2, -0.15) is 0 Å². The van der Waals surface area contributed by atoms with Gasteiger partial charge >= 0.3 is 0 Å². The molecule has 0 radical (unpaired) electrons. The van der Waals surface area contributed by atoms with Crippen LogP contribution in [-0.4, -0.2) is 17.4 Å². The van der Waals surface area contributed by atoms with E-state index in [9.17, 15) is 4.79 Å². The Hall–Kier alpha value is -0.640. The van der Waals surface area contributed by atoms with E-state index >= 15 is 0 Å². The predicted molar refractivity (Wildman–Crippen MR) is 81.9 cm³/mol. The summed E-state index contributed by atoms with van der Waals surface area (Å²) in [6.45, 7) is 3.00. The number of carbonyl (C=O) groups is 1. The zero-order valence-corrected chi connectivity index (χ0v) is 12.8. The van der Waals surface area contributed by atoms with Gasteiger partial charge < -0.3 is 11.1 Å². The topological polar surface area (TPSA) is 55.1 Å². The molecule has 0 aliphatic heterocycles. The fourth-order valence-electron chi connectivity index (χ4n) is 3.19. The van der Waals surface area contributed by atoms with Crippen molar-refractivity contribution in [2.45, 2.75) is 64.7 Å². The van der Waals surface area contributed by atoms with Crippen molar-refractivity contribution in [1.29, 1.82) is 0 Å². The fraction of sp³-hybridized carbons (Fsp3) is 0.867. The smallest absolute Gasteiger partial charge is 0.233 e. The monoisotopic (exact) mass is 282 g/mol. The molecule has 2 rings (SSSR count). The highest BCUT2D eigenvalue weighted by molar-refractivity contribution is 7.80. The first kappa shape index (κ1) is 14.8. The summed E-state index contributed by atoms with van der Waals surface area (Å²) >= 11 is 5.23. The van der Waals surface area contributed by atoms with E-state index in [1.165, 1.54) is 25.7 Å². The molecule has 108 valence electrons. The van der Waals surface area contributed by atoms with Crippen molar-refractivity contribution in [1.82, 2.24) is 5.32 Å². The Morgan fingerprint density at radius 3 is 2.16 bits per heavy atom. The van der Waals surface area contributed by atoms with Crippen LogP contribution in [0.5, 0.6) is 0 Å². The Morgan fingerprint density at radius 2 is 1.74 bits per heavy atom. The Labute approximate surface area is 121 Å². The summed E-state index contributed by atoms with van der Waals surface area (Å²) in [5, 5.41) is 3.15. The molecule has 2 aliphatic carbocycles. The molecule has 2 aliphatic rings. The van der Waals surface area contributed by atoms with Crippen LogP contribution in [0.4, 0.5) is 0 Å². The molecule has 0 heterocycles. The number of thiocarbonyl (C=S) groups is 1. The quantitative estimate of drug-likeness (QED) is 0.602. The average molecular weight is 282 g/mol. The van der Waals surface area contributed by atoms with E-state index in [-0.39, 0.29) is 5.91 Å². The van der Waals surface area contributed by atoms with Crippen LogP contribution in [0.15, 0.2) is 0 Å². The maximum Gasteiger partial charge on any atom is 0.233 e. The second kappa shape index (κ2) is 5.78. The summed E-state index contributed by atoms with van der Waals surface area (Å²) < 4.78 is 0. The van der Waals surface area contributed by atoms with E-state index in [0.29, 0.717) is 10.4 Å². The molecule has 3 N–H and O–H groups in total. The first-order valence-electron chi connectivity index (χ1n) is 7.63. The van der Waals surface area contributed by atoms with E-state index < -0.39 is 5.41 Å². The number of carbonyl (C=O) groups excluding carboxylic acids is 1. The lowest BCUT2D eigenvalue weighted by molar-refractivity contribution is -0.128. The Morgan fingerprint density at radius 1 is 1.16 bits per heavy atom. The predicted octanol–water partition coefficient (Wildman–Crippen LogP) is 2.92. The van der Waals surface area contributed by atoms with Crippen LogP contribution in [0.3, 0.4) is 0 Å². The largest absolute Gasteiger partial charge is 0.392 e. The molecule has 2 saturated carbocycles. The SMILES string of the molecule is CCC1(CNC(=O)C2(C(N)=S)CCCCCC2)CC1. The van der Waals surface area contributed by atoms with Crippen LogP contribution in [0.1, 0.15) is 64.7 Å². The Balaban J connectivity index is 2.01. The van der Waals surface area contributed by atoms with E-state index in [1.54, 1.807) is 0 Å². The molecule has 2 fully saturated rings. The van der Waals surface area contributed by atoms with Gasteiger partial charge in [-0.05, 0) is 37.5 Å². The van der Waals surface area contributed by atoms with Crippen molar-refractivity contribution >= 4 is 23.1 Å². The molecule has 19 heavy (non-hydrogen) atoms. The van der Waals surface area contributed by atoms with Gasteiger partial charge in [-0.15, -0.1) is 0 Å². The third-order valence-corrected chi connectivity index (χ3v) is 5.59. The van der Waals surface area contributed by atoms with E-state index in [1.807, 2.05) is 0 Å². The van der Waals surface area contributed by atoms with Crippen molar-refractivity contribution in [2.24, 2.45) is 16.6 Å². The average Bonchev–Trinajstić information content (AvgIpc) is 3.20. The lowest BCUT2D eigenvalue weighted by Crippen LogP contribution is -2.49. The van der Waals surface area contributed by atoms with E-state index in [4.69, 9.17) is 18.0 Å². The number of hydrogen-bond acceptors (Lipinski definition) is 2. The zero-order valence-electron chi connectivity index (χ0n) is 12.0. The van der Waals surface area contributed by atoms with Gasteiger partial charge in [0.15, 0.2) is 0 Å². The molecular formula is C15H26N2OS. The standard InChI is InChI=1S/C15H26N2OS/c1-2-14(9-10-14)11-17-13(18)15(12(16)19)7-5-3-4-6-8-15/h2-11H2,1H3,(H2,16,19)(H,17,18). The number of nitrogens with two attached hydrogens (primary N) is 1. The van der Waals surface area contributed by atoms with Gasteiger partial charge in [0.2, 0.25) is 5.91 Å². The highest BCUT2D eigenvalue weighted by Gasteiger charge is 2.45. The van der Waals surface area contributed by atoms with Crippen molar-refractivity contribution in [2.75, 3.05) is 6.54 Å². The molecule has 3 nitrogen and oxygen atoms in total. The van der Waals surface area contributed by atoms with Gasteiger partial charge in [0.1, 0.15) is 0 Å². The molecule has 1 amide bonds. The third kappa shape index (κ3) is 3.10. The minimum atomic E-state index is -0.574. The molecule has 0 unspecified atom stereocenters. The van der Waals surface area contributed by atoms with Gasteiger partial charge in [-0.1, -0.05) is 44.8 Å². The molecule has 0 spiro atoms. The molecule has 4 heteroatoms. The Bertz CT molecular complexity index is 355. The first-order chi connectivity index (χ1) is 9.05. The van der Waals surface area contributed by atoms with Gasteiger partial charge in [-0.25, -0.2) is 0 Å². The van der Waals surface area contributed by atoms with Crippen molar-refractivity contribution in [3.8, 4) is 0 Å². The summed E-state index contributed by atoms with van der Waals surface area (Å²) in [4.78, 5) is 13.0. The second-order valence-electron chi connectivity index (χ2n) is 6.40. The first-order valence-corrected chi connectivity index (χ1v) is 8.04. The minimum absolute atomic E-state index is 0.0848. The molecular weight excluding hydrogens is 256 g/mol. The summed E-state index contributed by atoms with van der Waals surface area (Å²) in [5.74, 6) is 0.0848. The minimum Gasteiger partial charge on any atom is -0.392 e. The van der Waals surface area contributed by atoms with Gasteiger partial charge in [0.25, 0.3) is 0 Å². The van der Waals surface area contributed by atoms with Crippen molar-refractivity contribution in [3.05, 3.63) is 0 Å². The second-order valence-corrected chi connectivity index (χ2v) is 6.84. The van der Waals surface area contributed by atoms with Crippen LogP contribution < -0.4 is 11.1 Å². The Kier molecular flexibility index (Phi) is 4.49. The van der Waals surface area contributed by atoms with Gasteiger partial charge in [0.05, 0.1) is 10.4 Å². The van der Waals surface area contributed by atoms with Gasteiger partial charge in [-0.3, -0.25) is 4.79 Å². The normalized spacial score (nSPS) is 24.3. The highest BCUT2D eigenvalue weighted by atomic mass is 32.1. The van der Waals surface area contributed by atoms with Crippen LogP contribution >= 0.6 is 12.2 Å². The van der Waals surface area contributed by atoms with E-state index in [0.717, 1.165) is 38.6 Å². The highest BCUT2D eigenvalue weighted by Crippen LogP contribution is 2.48. The number of nitrogens with one attached hydrogen (secondary N) is 1. The lowest BCUT2D eigenvalue weighted by atomic mass is 9.79. The number of rotatable bonds is 5. The van der Waals surface area contributed by atoms with E-state index in [2.05, 4.69) is 12.2 Å². The summed E-state index contributed by atoms with van der Waals surface area (Å²) in [7, 11) is 0. The maximum absolute atomic E-state index is 12.6. The van der Waals surface area contributed by atoms with Crippen LogP contribution in [0.25, 0.3) is 0 Å². The molecule has 0 saturated heterocycles. The lowest BCUT2D eigenvalue weighted by Gasteiger charge is -2.31. The molecule has 0 aromatic heterocycles. The van der Waals surface area contributed by atoms with Gasteiger partial charge in [0, 0.05) is 6.54 Å². The maximum atomic E-state index is 12.6. The van der Waals surface area contributed by atoms with Crippen LogP contribution in [0, 0.1) is 10.8 Å².